The van der Waals surface area contributed by atoms with E-state index in [-0.39, 0.29) is 29.4 Å². The molecule has 2 aromatic carbocycles. The number of halogens is 2. The molecular weight excluding hydrogens is 347 g/mol. The van der Waals surface area contributed by atoms with Gasteiger partial charge < -0.3 is 15.4 Å². The van der Waals surface area contributed by atoms with Crippen molar-refractivity contribution in [2.75, 3.05) is 17.2 Å². The minimum atomic E-state index is -0.552. The highest BCUT2D eigenvalue weighted by Crippen LogP contribution is 2.30. The minimum Gasteiger partial charge on any atom is -0.484 e. The van der Waals surface area contributed by atoms with E-state index in [1.807, 2.05) is 0 Å². The SMILES string of the molecule is O=C(COc1ccc(F)c(Cl)c1)Nc1cccc(NC(=O)C2CC2)c1. The summed E-state index contributed by atoms with van der Waals surface area (Å²) in [7, 11) is 0. The van der Waals surface area contributed by atoms with Crippen molar-refractivity contribution in [3.8, 4) is 5.75 Å². The molecule has 0 atom stereocenters. The van der Waals surface area contributed by atoms with Gasteiger partial charge in [0.2, 0.25) is 5.91 Å². The van der Waals surface area contributed by atoms with E-state index in [0.717, 1.165) is 12.8 Å². The summed E-state index contributed by atoms with van der Waals surface area (Å²) in [4.78, 5) is 23.7. The lowest BCUT2D eigenvalue weighted by molar-refractivity contribution is -0.118. The molecule has 0 unspecified atom stereocenters. The molecule has 1 fully saturated rings. The van der Waals surface area contributed by atoms with Crippen LogP contribution < -0.4 is 15.4 Å². The van der Waals surface area contributed by atoms with Gasteiger partial charge in [-0.2, -0.15) is 0 Å². The number of rotatable bonds is 6. The molecule has 130 valence electrons. The van der Waals surface area contributed by atoms with E-state index in [4.69, 9.17) is 16.3 Å². The van der Waals surface area contributed by atoms with Gasteiger partial charge in [-0.15, -0.1) is 0 Å². The Balaban J connectivity index is 1.53. The van der Waals surface area contributed by atoms with E-state index in [1.54, 1.807) is 24.3 Å². The molecule has 3 rings (SSSR count). The van der Waals surface area contributed by atoms with Crippen molar-refractivity contribution in [3.63, 3.8) is 0 Å². The van der Waals surface area contributed by atoms with Gasteiger partial charge in [0.25, 0.3) is 5.91 Å². The normalized spacial score (nSPS) is 13.2. The largest absolute Gasteiger partial charge is 0.484 e. The Morgan fingerprint density at radius 3 is 2.52 bits per heavy atom. The predicted molar refractivity (Wildman–Crippen MR) is 93.3 cm³/mol. The highest BCUT2D eigenvalue weighted by molar-refractivity contribution is 6.30. The first kappa shape index (κ1) is 17.2. The van der Waals surface area contributed by atoms with Crippen molar-refractivity contribution in [2.45, 2.75) is 12.8 Å². The molecule has 0 spiro atoms. The van der Waals surface area contributed by atoms with Crippen LogP contribution in [0, 0.1) is 11.7 Å². The Bertz CT molecular complexity index is 809. The Morgan fingerprint density at radius 1 is 1.12 bits per heavy atom. The minimum absolute atomic E-state index is 0.00000150. The fourth-order valence-corrected chi connectivity index (χ4v) is 2.35. The quantitative estimate of drug-likeness (QED) is 0.820. The van der Waals surface area contributed by atoms with Crippen LogP contribution in [0.3, 0.4) is 0 Å². The molecule has 7 heteroatoms. The second-order valence-corrected chi connectivity index (χ2v) is 6.16. The number of nitrogens with one attached hydrogen (secondary N) is 2. The van der Waals surface area contributed by atoms with Gasteiger partial charge in [0, 0.05) is 23.4 Å². The monoisotopic (exact) mass is 362 g/mol. The van der Waals surface area contributed by atoms with Crippen LogP contribution in [0.4, 0.5) is 15.8 Å². The molecule has 0 aromatic heterocycles. The number of hydrogen-bond donors (Lipinski definition) is 2. The zero-order chi connectivity index (χ0) is 17.8. The molecule has 2 N–H and O–H groups in total. The van der Waals surface area contributed by atoms with E-state index in [1.165, 1.54) is 18.2 Å². The summed E-state index contributed by atoms with van der Waals surface area (Å²) < 4.78 is 18.3. The Kier molecular flexibility index (Phi) is 5.19. The highest BCUT2D eigenvalue weighted by atomic mass is 35.5. The van der Waals surface area contributed by atoms with Crippen LogP contribution in [0.5, 0.6) is 5.75 Å². The molecule has 1 saturated carbocycles. The first-order valence-electron chi connectivity index (χ1n) is 7.80. The summed E-state index contributed by atoms with van der Waals surface area (Å²) in [6, 6.07) is 10.7. The molecule has 25 heavy (non-hydrogen) atoms. The topological polar surface area (TPSA) is 67.4 Å². The van der Waals surface area contributed by atoms with Crippen molar-refractivity contribution in [3.05, 3.63) is 53.3 Å². The van der Waals surface area contributed by atoms with E-state index in [9.17, 15) is 14.0 Å². The van der Waals surface area contributed by atoms with Crippen LogP contribution in [-0.4, -0.2) is 18.4 Å². The lowest BCUT2D eigenvalue weighted by Crippen LogP contribution is -2.20. The maximum absolute atomic E-state index is 13.1. The fraction of sp³-hybridized carbons (Fsp3) is 0.222. The van der Waals surface area contributed by atoms with Crippen molar-refractivity contribution >= 4 is 34.8 Å². The third kappa shape index (κ3) is 4.93. The second-order valence-electron chi connectivity index (χ2n) is 5.76. The van der Waals surface area contributed by atoms with E-state index < -0.39 is 5.82 Å². The second kappa shape index (κ2) is 7.53. The van der Waals surface area contributed by atoms with Crippen LogP contribution in [0.25, 0.3) is 0 Å². The van der Waals surface area contributed by atoms with Gasteiger partial charge in [-0.1, -0.05) is 17.7 Å². The zero-order valence-corrected chi connectivity index (χ0v) is 14.0. The van der Waals surface area contributed by atoms with E-state index in [0.29, 0.717) is 17.1 Å². The Morgan fingerprint density at radius 2 is 1.84 bits per heavy atom. The molecule has 2 aromatic rings. The lowest BCUT2D eigenvalue weighted by atomic mass is 10.2. The third-order valence-corrected chi connectivity index (χ3v) is 3.91. The first-order chi connectivity index (χ1) is 12.0. The summed E-state index contributed by atoms with van der Waals surface area (Å²) in [5.41, 5.74) is 1.17. The summed E-state index contributed by atoms with van der Waals surface area (Å²) in [6.07, 6.45) is 1.85. The van der Waals surface area contributed by atoms with Crippen LogP contribution in [0.1, 0.15) is 12.8 Å². The Labute approximate surface area is 149 Å². The van der Waals surface area contributed by atoms with E-state index in [2.05, 4.69) is 10.6 Å². The van der Waals surface area contributed by atoms with Crippen LogP contribution >= 0.6 is 11.6 Å². The van der Waals surface area contributed by atoms with Gasteiger partial charge in [-0.3, -0.25) is 9.59 Å². The van der Waals surface area contributed by atoms with Gasteiger partial charge in [0.1, 0.15) is 11.6 Å². The molecule has 2 amide bonds. The molecule has 0 heterocycles. The number of benzene rings is 2. The number of ether oxygens (including phenoxy) is 1. The average Bonchev–Trinajstić information content (AvgIpc) is 3.41. The number of carbonyl (C=O) groups excluding carboxylic acids is 2. The van der Waals surface area contributed by atoms with Crippen molar-refractivity contribution in [1.82, 2.24) is 0 Å². The van der Waals surface area contributed by atoms with Gasteiger partial charge in [-0.05, 0) is 43.2 Å². The molecule has 5 nitrogen and oxygen atoms in total. The van der Waals surface area contributed by atoms with Crippen molar-refractivity contribution in [1.29, 1.82) is 0 Å². The molecule has 0 radical (unpaired) electrons. The molecular formula is C18H16ClFN2O3. The highest BCUT2D eigenvalue weighted by Gasteiger charge is 2.29. The lowest BCUT2D eigenvalue weighted by Gasteiger charge is -2.10. The average molecular weight is 363 g/mol. The number of hydrogen-bond acceptors (Lipinski definition) is 3. The fourth-order valence-electron chi connectivity index (χ4n) is 2.18. The zero-order valence-electron chi connectivity index (χ0n) is 13.2. The Hall–Kier alpha value is -2.60. The smallest absolute Gasteiger partial charge is 0.262 e. The maximum Gasteiger partial charge on any atom is 0.262 e. The van der Waals surface area contributed by atoms with Crippen LogP contribution in [0.2, 0.25) is 5.02 Å². The summed E-state index contributed by atoms with van der Waals surface area (Å²) in [6.45, 7) is -0.249. The van der Waals surface area contributed by atoms with Gasteiger partial charge in [-0.25, -0.2) is 4.39 Å². The molecule has 0 saturated heterocycles. The van der Waals surface area contributed by atoms with Gasteiger partial charge in [0.05, 0.1) is 5.02 Å². The van der Waals surface area contributed by atoms with Crippen LogP contribution in [-0.2, 0) is 9.59 Å². The molecule has 0 bridgehead atoms. The van der Waals surface area contributed by atoms with E-state index >= 15 is 0 Å². The number of carbonyl (C=O) groups is 2. The number of anilines is 2. The molecule has 1 aliphatic carbocycles. The first-order valence-corrected chi connectivity index (χ1v) is 8.18. The van der Waals surface area contributed by atoms with Gasteiger partial charge in [0.15, 0.2) is 6.61 Å². The summed E-state index contributed by atoms with van der Waals surface area (Å²) >= 11 is 5.65. The van der Waals surface area contributed by atoms with Crippen molar-refractivity contribution in [2.24, 2.45) is 5.92 Å². The van der Waals surface area contributed by atoms with Gasteiger partial charge >= 0.3 is 0 Å². The number of amides is 2. The van der Waals surface area contributed by atoms with Crippen molar-refractivity contribution < 1.29 is 18.7 Å². The van der Waals surface area contributed by atoms with Crippen LogP contribution in [0.15, 0.2) is 42.5 Å². The predicted octanol–water partition coefficient (Wildman–Crippen LogP) is 3.85. The standard InChI is InChI=1S/C18H16ClFN2O3/c19-15-9-14(6-7-16(15)20)25-10-17(23)21-12-2-1-3-13(8-12)22-18(24)11-4-5-11/h1-3,6-9,11H,4-5,10H2,(H,21,23)(H,22,24). The molecule has 0 aliphatic heterocycles. The maximum atomic E-state index is 13.1. The molecule has 1 aliphatic rings. The summed E-state index contributed by atoms with van der Waals surface area (Å²) in [5, 5.41) is 5.42. The third-order valence-electron chi connectivity index (χ3n) is 3.62. The summed E-state index contributed by atoms with van der Waals surface area (Å²) in [5.74, 6) is -0.532.